The number of carbonyl (C=O) groups is 1. The number of phenols is 1. The molecule has 0 bridgehead atoms. The summed E-state index contributed by atoms with van der Waals surface area (Å²) in [7, 11) is 0. The first-order valence-corrected chi connectivity index (χ1v) is 4.13. The predicted molar refractivity (Wildman–Crippen MR) is 50.5 cm³/mol. The van der Waals surface area contributed by atoms with Gasteiger partial charge in [0.05, 0.1) is 6.04 Å². The first-order chi connectivity index (χ1) is 6.09. The molecule has 1 rings (SSSR count). The molecule has 0 radical (unpaired) electrons. The molecule has 0 saturated heterocycles. The number of nitrogens with two attached hydrogens (primary N) is 1. The van der Waals surface area contributed by atoms with Crippen LogP contribution < -0.4 is 5.73 Å². The summed E-state index contributed by atoms with van der Waals surface area (Å²) in [6, 6.07) is 6.30. The lowest BCUT2D eigenvalue weighted by Gasteiger charge is -2.07. The van der Waals surface area contributed by atoms with Gasteiger partial charge in [0.15, 0.2) is 0 Å². The zero-order chi connectivity index (χ0) is 9.84. The Morgan fingerprint density at radius 2 is 2.31 bits per heavy atom. The lowest BCUT2D eigenvalue weighted by molar-refractivity contribution is -0.118. The van der Waals surface area contributed by atoms with E-state index < -0.39 is 6.04 Å². The number of hydrogen-bond acceptors (Lipinski definition) is 3. The number of carbonyl (C=O) groups excluding carboxylic acids is 1. The molecular formula is C10H13NO2. The van der Waals surface area contributed by atoms with Gasteiger partial charge in [0, 0.05) is 0 Å². The lowest BCUT2D eigenvalue weighted by Crippen LogP contribution is -2.30. The second-order valence-electron chi connectivity index (χ2n) is 3.09. The van der Waals surface area contributed by atoms with Crippen molar-refractivity contribution in [3.8, 4) is 5.75 Å². The van der Waals surface area contributed by atoms with E-state index in [2.05, 4.69) is 0 Å². The van der Waals surface area contributed by atoms with Crippen molar-refractivity contribution in [1.29, 1.82) is 0 Å². The maximum absolute atomic E-state index is 10.8. The molecule has 1 atom stereocenters. The lowest BCUT2D eigenvalue weighted by atomic mass is 10.0. The summed E-state index contributed by atoms with van der Waals surface area (Å²) in [5, 5.41) is 9.14. The maximum Gasteiger partial charge on any atom is 0.146 e. The van der Waals surface area contributed by atoms with Gasteiger partial charge in [-0.05, 0) is 31.0 Å². The van der Waals surface area contributed by atoms with Gasteiger partial charge in [-0.25, -0.2) is 0 Å². The third-order valence-corrected chi connectivity index (χ3v) is 1.89. The van der Waals surface area contributed by atoms with E-state index in [4.69, 9.17) is 10.8 Å². The molecule has 0 saturated carbocycles. The minimum absolute atomic E-state index is 0.0386. The highest BCUT2D eigenvalue weighted by Crippen LogP contribution is 2.12. The van der Waals surface area contributed by atoms with Gasteiger partial charge < -0.3 is 10.8 Å². The predicted octanol–water partition coefficient (Wildman–Crippen LogP) is 0.851. The maximum atomic E-state index is 10.8. The van der Waals surface area contributed by atoms with Crippen molar-refractivity contribution < 1.29 is 9.90 Å². The van der Waals surface area contributed by atoms with Crippen molar-refractivity contribution in [2.45, 2.75) is 19.4 Å². The molecule has 1 aromatic rings. The van der Waals surface area contributed by atoms with Gasteiger partial charge in [0.1, 0.15) is 11.5 Å². The Bertz CT molecular complexity index is 310. The molecule has 0 heterocycles. The molecule has 0 aliphatic heterocycles. The number of Topliss-reactive ketones (excluding diaryl/α,β-unsaturated/α-hetero) is 1. The topological polar surface area (TPSA) is 63.3 Å². The van der Waals surface area contributed by atoms with Crippen LogP contribution in [0.5, 0.6) is 5.75 Å². The number of phenolic OH excluding ortho intramolecular Hbond substituents is 1. The third kappa shape index (κ3) is 2.87. The van der Waals surface area contributed by atoms with E-state index in [0.29, 0.717) is 6.42 Å². The van der Waals surface area contributed by atoms with E-state index in [0.717, 1.165) is 5.56 Å². The van der Waals surface area contributed by atoms with Crippen molar-refractivity contribution in [3.63, 3.8) is 0 Å². The zero-order valence-electron chi connectivity index (χ0n) is 7.53. The van der Waals surface area contributed by atoms with E-state index in [-0.39, 0.29) is 11.5 Å². The van der Waals surface area contributed by atoms with E-state index in [1.165, 1.54) is 6.92 Å². The van der Waals surface area contributed by atoms with Gasteiger partial charge in [0.25, 0.3) is 0 Å². The molecule has 0 amide bonds. The fourth-order valence-corrected chi connectivity index (χ4v) is 1.08. The van der Waals surface area contributed by atoms with Crippen LogP contribution in [0.3, 0.4) is 0 Å². The summed E-state index contributed by atoms with van der Waals surface area (Å²) in [5.74, 6) is 0.164. The Balaban J connectivity index is 2.69. The van der Waals surface area contributed by atoms with Crippen LogP contribution in [0, 0.1) is 0 Å². The average Bonchev–Trinajstić information content (AvgIpc) is 2.04. The highest BCUT2D eigenvalue weighted by molar-refractivity contribution is 5.81. The molecule has 1 aromatic carbocycles. The highest BCUT2D eigenvalue weighted by Gasteiger charge is 2.08. The minimum atomic E-state index is -0.471. The third-order valence-electron chi connectivity index (χ3n) is 1.89. The van der Waals surface area contributed by atoms with Gasteiger partial charge in [-0.2, -0.15) is 0 Å². The van der Waals surface area contributed by atoms with Crippen LogP contribution >= 0.6 is 0 Å². The Labute approximate surface area is 77.2 Å². The van der Waals surface area contributed by atoms with E-state index in [1.807, 2.05) is 6.07 Å². The Hall–Kier alpha value is -1.35. The Morgan fingerprint density at radius 1 is 1.62 bits per heavy atom. The molecule has 0 aliphatic carbocycles. The standard InChI is InChI=1S/C10H13NO2/c1-7(12)10(11)6-8-3-2-4-9(13)5-8/h2-5,10,13H,6,11H2,1H3. The van der Waals surface area contributed by atoms with Gasteiger partial charge in [-0.3, -0.25) is 4.79 Å². The molecule has 13 heavy (non-hydrogen) atoms. The summed E-state index contributed by atoms with van der Waals surface area (Å²) in [6.45, 7) is 1.47. The molecule has 0 aromatic heterocycles. The van der Waals surface area contributed by atoms with E-state index >= 15 is 0 Å². The molecule has 0 spiro atoms. The first kappa shape index (κ1) is 9.74. The number of rotatable bonds is 3. The Kier molecular flexibility index (Phi) is 3.03. The zero-order valence-corrected chi connectivity index (χ0v) is 7.53. The van der Waals surface area contributed by atoms with Crippen molar-refractivity contribution in [2.75, 3.05) is 0 Å². The fourth-order valence-electron chi connectivity index (χ4n) is 1.08. The number of aromatic hydroxyl groups is 1. The molecule has 3 N–H and O–H groups in total. The summed E-state index contributed by atoms with van der Waals surface area (Å²) in [4.78, 5) is 10.8. The van der Waals surface area contributed by atoms with Gasteiger partial charge in [-0.1, -0.05) is 12.1 Å². The molecule has 1 unspecified atom stereocenters. The summed E-state index contributed by atoms with van der Waals surface area (Å²) >= 11 is 0. The SMILES string of the molecule is CC(=O)C(N)Cc1cccc(O)c1. The van der Waals surface area contributed by atoms with Crippen LogP contribution in [0.2, 0.25) is 0 Å². The van der Waals surface area contributed by atoms with Gasteiger partial charge in [-0.15, -0.1) is 0 Å². The second-order valence-corrected chi connectivity index (χ2v) is 3.09. The van der Waals surface area contributed by atoms with Gasteiger partial charge in [0.2, 0.25) is 0 Å². The van der Waals surface area contributed by atoms with Crippen molar-refractivity contribution in [1.82, 2.24) is 0 Å². The number of hydrogen-bond donors (Lipinski definition) is 2. The van der Waals surface area contributed by atoms with Crippen LogP contribution in [0.4, 0.5) is 0 Å². The van der Waals surface area contributed by atoms with Crippen molar-refractivity contribution in [2.24, 2.45) is 5.73 Å². The van der Waals surface area contributed by atoms with Crippen LogP contribution in [0.25, 0.3) is 0 Å². The average molecular weight is 179 g/mol. The molecule has 3 heteroatoms. The first-order valence-electron chi connectivity index (χ1n) is 4.13. The molecule has 0 fully saturated rings. The quantitative estimate of drug-likeness (QED) is 0.723. The largest absolute Gasteiger partial charge is 0.508 e. The van der Waals surface area contributed by atoms with Crippen LogP contribution in [-0.2, 0) is 11.2 Å². The normalized spacial score (nSPS) is 12.5. The van der Waals surface area contributed by atoms with Crippen LogP contribution in [-0.4, -0.2) is 16.9 Å². The molecular weight excluding hydrogens is 166 g/mol. The number of ketones is 1. The summed E-state index contributed by atoms with van der Waals surface area (Å²) in [5.41, 5.74) is 6.44. The minimum Gasteiger partial charge on any atom is -0.508 e. The van der Waals surface area contributed by atoms with E-state index in [9.17, 15) is 4.79 Å². The van der Waals surface area contributed by atoms with Crippen molar-refractivity contribution >= 4 is 5.78 Å². The summed E-state index contributed by atoms with van der Waals surface area (Å²) < 4.78 is 0. The summed E-state index contributed by atoms with van der Waals surface area (Å²) in [6.07, 6.45) is 0.476. The smallest absolute Gasteiger partial charge is 0.146 e. The highest BCUT2D eigenvalue weighted by atomic mass is 16.3. The Morgan fingerprint density at radius 3 is 2.85 bits per heavy atom. The number of benzene rings is 1. The monoisotopic (exact) mass is 179 g/mol. The second kappa shape index (κ2) is 4.05. The molecule has 0 aliphatic rings. The van der Waals surface area contributed by atoms with E-state index in [1.54, 1.807) is 18.2 Å². The molecule has 70 valence electrons. The van der Waals surface area contributed by atoms with Crippen LogP contribution in [0.15, 0.2) is 24.3 Å². The van der Waals surface area contributed by atoms with Crippen LogP contribution in [0.1, 0.15) is 12.5 Å². The van der Waals surface area contributed by atoms with Gasteiger partial charge >= 0.3 is 0 Å². The fraction of sp³-hybridized carbons (Fsp3) is 0.300. The molecule has 3 nitrogen and oxygen atoms in total. The van der Waals surface area contributed by atoms with Crippen molar-refractivity contribution in [3.05, 3.63) is 29.8 Å².